The fourth-order valence-electron chi connectivity index (χ4n) is 1.96. The second-order valence-corrected chi connectivity index (χ2v) is 5.69. The van der Waals surface area contributed by atoms with E-state index in [0.29, 0.717) is 27.8 Å². The first-order valence-electron chi connectivity index (χ1n) is 6.44. The highest BCUT2D eigenvalue weighted by molar-refractivity contribution is 9.10. The zero-order valence-electron chi connectivity index (χ0n) is 11.0. The highest BCUT2D eigenvalue weighted by atomic mass is 79.9. The number of rotatable bonds is 4. The van der Waals surface area contributed by atoms with E-state index >= 15 is 0 Å². The number of anilines is 3. The fourth-order valence-corrected chi connectivity index (χ4v) is 2.29. The molecule has 1 aliphatic rings. The van der Waals surface area contributed by atoms with Gasteiger partial charge in [0.05, 0.1) is 11.4 Å². The molecule has 0 atom stereocenters. The van der Waals surface area contributed by atoms with Gasteiger partial charge in [-0.05, 0) is 31.0 Å². The Morgan fingerprint density at radius 2 is 2.05 bits per heavy atom. The van der Waals surface area contributed by atoms with Crippen molar-refractivity contribution in [2.24, 2.45) is 0 Å². The van der Waals surface area contributed by atoms with Gasteiger partial charge in [-0.3, -0.25) is 0 Å². The van der Waals surface area contributed by atoms with E-state index in [0.717, 1.165) is 18.5 Å². The van der Waals surface area contributed by atoms with Crippen LogP contribution in [0.2, 0.25) is 0 Å². The number of hydrogen-bond acceptors (Lipinski definition) is 4. The van der Waals surface area contributed by atoms with E-state index < -0.39 is 0 Å². The van der Waals surface area contributed by atoms with Gasteiger partial charge in [0.15, 0.2) is 0 Å². The van der Waals surface area contributed by atoms with E-state index in [9.17, 15) is 4.39 Å². The molecule has 1 heterocycles. The molecular formula is C14H14BrFN4. The topological polar surface area (TPSA) is 49.8 Å². The highest BCUT2D eigenvalue weighted by Crippen LogP contribution is 2.40. The average molecular weight is 337 g/mol. The molecule has 1 saturated carbocycles. The predicted octanol–water partition coefficient (Wildman–Crippen LogP) is 4.04. The van der Waals surface area contributed by atoms with Crippen LogP contribution in [0.25, 0.3) is 0 Å². The van der Waals surface area contributed by atoms with Crippen LogP contribution in [0.5, 0.6) is 0 Å². The molecule has 0 bridgehead atoms. The standard InChI is InChI=1S/C14H14BrFN4/c1-17-14-19-12(8-2-3-8)7-13(20-14)18-11-5-4-9(15)6-10(11)16/h4-8H,2-3H2,1H3,(H2,17,18,19,20). The van der Waals surface area contributed by atoms with Crippen LogP contribution in [0, 0.1) is 5.82 Å². The molecule has 2 aromatic rings. The SMILES string of the molecule is CNc1nc(Nc2ccc(Br)cc2F)cc(C2CC2)n1. The third-order valence-corrected chi connectivity index (χ3v) is 3.65. The first-order chi connectivity index (χ1) is 9.65. The van der Waals surface area contributed by atoms with Gasteiger partial charge in [-0.1, -0.05) is 15.9 Å². The lowest BCUT2D eigenvalue weighted by molar-refractivity contribution is 0.631. The molecule has 1 aliphatic carbocycles. The fraction of sp³-hybridized carbons (Fsp3) is 0.286. The van der Waals surface area contributed by atoms with Crippen LogP contribution < -0.4 is 10.6 Å². The van der Waals surface area contributed by atoms with Crippen molar-refractivity contribution in [2.45, 2.75) is 18.8 Å². The minimum absolute atomic E-state index is 0.322. The number of benzene rings is 1. The molecule has 1 aromatic heterocycles. The zero-order chi connectivity index (χ0) is 14.1. The van der Waals surface area contributed by atoms with Gasteiger partial charge in [0.25, 0.3) is 0 Å². The number of halogens is 2. The van der Waals surface area contributed by atoms with Crippen LogP contribution in [0.1, 0.15) is 24.5 Å². The molecule has 20 heavy (non-hydrogen) atoms. The van der Waals surface area contributed by atoms with Crippen molar-refractivity contribution in [3.05, 3.63) is 40.2 Å². The van der Waals surface area contributed by atoms with Gasteiger partial charge in [0.1, 0.15) is 11.6 Å². The minimum atomic E-state index is -0.322. The minimum Gasteiger partial charge on any atom is -0.357 e. The van der Waals surface area contributed by atoms with Gasteiger partial charge >= 0.3 is 0 Å². The Hall–Kier alpha value is -1.69. The van der Waals surface area contributed by atoms with E-state index in [4.69, 9.17) is 0 Å². The summed E-state index contributed by atoms with van der Waals surface area (Å²) in [4.78, 5) is 8.74. The summed E-state index contributed by atoms with van der Waals surface area (Å²) in [6, 6.07) is 6.77. The molecule has 4 nitrogen and oxygen atoms in total. The average Bonchev–Trinajstić information content (AvgIpc) is 3.26. The molecule has 3 rings (SSSR count). The first kappa shape index (κ1) is 13.3. The van der Waals surface area contributed by atoms with Crippen LogP contribution in [0.4, 0.5) is 21.8 Å². The Labute approximate surface area is 125 Å². The lowest BCUT2D eigenvalue weighted by Gasteiger charge is -2.10. The van der Waals surface area contributed by atoms with Gasteiger partial charge in [-0.25, -0.2) is 9.37 Å². The molecule has 0 amide bonds. The molecule has 0 unspecified atom stereocenters. The molecule has 0 saturated heterocycles. The van der Waals surface area contributed by atoms with E-state index in [-0.39, 0.29) is 5.82 Å². The maximum absolute atomic E-state index is 13.8. The van der Waals surface area contributed by atoms with Crippen LogP contribution >= 0.6 is 15.9 Å². The maximum atomic E-state index is 13.8. The monoisotopic (exact) mass is 336 g/mol. The predicted molar refractivity (Wildman–Crippen MR) is 80.9 cm³/mol. The molecule has 0 spiro atoms. The third kappa shape index (κ3) is 2.90. The number of hydrogen-bond donors (Lipinski definition) is 2. The lowest BCUT2D eigenvalue weighted by Crippen LogP contribution is -2.04. The van der Waals surface area contributed by atoms with Crippen LogP contribution in [0.3, 0.4) is 0 Å². The summed E-state index contributed by atoms with van der Waals surface area (Å²) in [6.45, 7) is 0. The van der Waals surface area contributed by atoms with Crippen LogP contribution in [-0.4, -0.2) is 17.0 Å². The number of aromatic nitrogens is 2. The van der Waals surface area contributed by atoms with Gasteiger partial charge in [0.2, 0.25) is 5.95 Å². The molecule has 1 aromatic carbocycles. The first-order valence-corrected chi connectivity index (χ1v) is 7.24. The Balaban J connectivity index is 1.91. The van der Waals surface area contributed by atoms with E-state index in [2.05, 4.69) is 36.5 Å². The number of nitrogens with zero attached hydrogens (tertiary/aromatic N) is 2. The summed E-state index contributed by atoms with van der Waals surface area (Å²) < 4.78 is 14.5. The number of nitrogens with one attached hydrogen (secondary N) is 2. The summed E-state index contributed by atoms with van der Waals surface area (Å²) >= 11 is 3.24. The molecular weight excluding hydrogens is 323 g/mol. The largest absolute Gasteiger partial charge is 0.357 e. The third-order valence-electron chi connectivity index (χ3n) is 3.16. The normalized spacial score (nSPS) is 14.2. The Morgan fingerprint density at radius 3 is 2.70 bits per heavy atom. The second-order valence-electron chi connectivity index (χ2n) is 4.78. The molecule has 0 aliphatic heterocycles. The highest BCUT2D eigenvalue weighted by Gasteiger charge is 2.26. The lowest BCUT2D eigenvalue weighted by atomic mass is 10.2. The second kappa shape index (κ2) is 5.36. The van der Waals surface area contributed by atoms with Crippen molar-refractivity contribution in [1.29, 1.82) is 0 Å². The van der Waals surface area contributed by atoms with Crippen molar-refractivity contribution < 1.29 is 4.39 Å². The molecule has 2 N–H and O–H groups in total. The smallest absolute Gasteiger partial charge is 0.224 e. The summed E-state index contributed by atoms with van der Waals surface area (Å²) in [6.07, 6.45) is 2.32. The molecule has 1 fully saturated rings. The summed E-state index contributed by atoms with van der Waals surface area (Å²) in [5.41, 5.74) is 1.40. The van der Waals surface area contributed by atoms with Crippen LogP contribution in [0.15, 0.2) is 28.7 Å². The van der Waals surface area contributed by atoms with Gasteiger partial charge in [0, 0.05) is 23.5 Å². The molecule has 104 valence electrons. The quantitative estimate of drug-likeness (QED) is 0.884. The van der Waals surface area contributed by atoms with Gasteiger partial charge in [-0.15, -0.1) is 0 Å². The van der Waals surface area contributed by atoms with E-state index in [1.807, 2.05) is 6.07 Å². The van der Waals surface area contributed by atoms with Crippen molar-refractivity contribution in [2.75, 3.05) is 17.7 Å². The zero-order valence-corrected chi connectivity index (χ0v) is 12.5. The Bertz CT molecular complexity index is 643. The van der Waals surface area contributed by atoms with Gasteiger partial charge < -0.3 is 10.6 Å². The maximum Gasteiger partial charge on any atom is 0.224 e. The van der Waals surface area contributed by atoms with Crippen molar-refractivity contribution >= 4 is 33.4 Å². The van der Waals surface area contributed by atoms with Gasteiger partial charge in [-0.2, -0.15) is 4.98 Å². The Kier molecular flexibility index (Phi) is 3.56. The summed E-state index contributed by atoms with van der Waals surface area (Å²) in [7, 11) is 1.77. The van der Waals surface area contributed by atoms with Crippen molar-refractivity contribution in [3.63, 3.8) is 0 Å². The van der Waals surface area contributed by atoms with E-state index in [1.54, 1.807) is 19.2 Å². The van der Waals surface area contributed by atoms with E-state index in [1.165, 1.54) is 6.07 Å². The van der Waals surface area contributed by atoms with Crippen molar-refractivity contribution in [1.82, 2.24) is 9.97 Å². The van der Waals surface area contributed by atoms with Crippen molar-refractivity contribution in [3.8, 4) is 0 Å². The Morgan fingerprint density at radius 1 is 1.25 bits per heavy atom. The summed E-state index contributed by atoms with van der Waals surface area (Å²) in [5.74, 6) is 1.35. The molecule has 0 radical (unpaired) electrons. The molecule has 6 heteroatoms. The van der Waals surface area contributed by atoms with Crippen LogP contribution in [-0.2, 0) is 0 Å². The summed E-state index contributed by atoms with van der Waals surface area (Å²) in [5, 5.41) is 5.95.